The highest BCUT2D eigenvalue weighted by atomic mass is 35.5. The molecule has 0 spiro atoms. The van der Waals surface area contributed by atoms with E-state index >= 15 is 0 Å². The Morgan fingerprint density at radius 1 is 1.30 bits per heavy atom. The molecule has 1 aromatic heterocycles. The van der Waals surface area contributed by atoms with Crippen LogP contribution in [-0.2, 0) is 0 Å². The zero-order valence-corrected chi connectivity index (χ0v) is 12.4. The van der Waals surface area contributed by atoms with Gasteiger partial charge in [0.1, 0.15) is 0 Å². The van der Waals surface area contributed by atoms with Crippen molar-refractivity contribution < 1.29 is 4.79 Å². The maximum Gasteiger partial charge on any atom is 0.255 e. The normalized spacial score (nSPS) is 10.2. The summed E-state index contributed by atoms with van der Waals surface area (Å²) in [4.78, 5) is 18.1. The summed E-state index contributed by atoms with van der Waals surface area (Å²) in [7, 11) is 3.94. The Morgan fingerprint density at radius 2 is 2.05 bits per heavy atom. The van der Waals surface area contributed by atoms with Crippen LogP contribution < -0.4 is 10.2 Å². The largest absolute Gasteiger partial charge is 0.377 e. The lowest BCUT2D eigenvalue weighted by Gasteiger charge is -2.16. The van der Waals surface area contributed by atoms with E-state index in [4.69, 9.17) is 11.6 Å². The average Bonchev–Trinajstić information content (AvgIpc) is 2.40. The van der Waals surface area contributed by atoms with Crippen LogP contribution in [0, 0.1) is 6.92 Å². The van der Waals surface area contributed by atoms with Crippen molar-refractivity contribution in [2.45, 2.75) is 6.92 Å². The fourth-order valence-electron chi connectivity index (χ4n) is 1.97. The number of amides is 1. The van der Waals surface area contributed by atoms with Crippen LogP contribution in [0.1, 0.15) is 15.9 Å². The van der Waals surface area contributed by atoms with Crippen LogP contribution >= 0.6 is 11.6 Å². The predicted molar refractivity (Wildman–Crippen MR) is 82.7 cm³/mol. The molecule has 2 aromatic rings. The van der Waals surface area contributed by atoms with Gasteiger partial charge in [-0.15, -0.1) is 0 Å². The molecule has 1 aromatic carbocycles. The van der Waals surface area contributed by atoms with Gasteiger partial charge in [-0.3, -0.25) is 4.79 Å². The van der Waals surface area contributed by atoms with Crippen molar-refractivity contribution in [3.05, 3.63) is 52.8 Å². The summed E-state index contributed by atoms with van der Waals surface area (Å²) in [6, 6.07) is 9.02. The molecule has 0 unspecified atom stereocenters. The molecule has 0 aliphatic carbocycles. The molecule has 1 N–H and O–H groups in total. The first-order valence-corrected chi connectivity index (χ1v) is 6.56. The van der Waals surface area contributed by atoms with Gasteiger partial charge in [0.25, 0.3) is 5.91 Å². The summed E-state index contributed by atoms with van der Waals surface area (Å²) in [5.74, 6) is -0.201. The molecule has 0 bridgehead atoms. The second-order valence-corrected chi connectivity index (χ2v) is 5.05. The Labute approximate surface area is 123 Å². The Bertz CT molecular complexity index is 641. The molecule has 0 fully saturated rings. The van der Waals surface area contributed by atoms with Crippen LogP contribution in [0.15, 0.2) is 36.5 Å². The van der Waals surface area contributed by atoms with E-state index in [1.807, 2.05) is 38.1 Å². The smallest absolute Gasteiger partial charge is 0.255 e. The number of carbonyl (C=O) groups is 1. The highest BCUT2D eigenvalue weighted by Crippen LogP contribution is 2.21. The van der Waals surface area contributed by atoms with E-state index in [2.05, 4.69) is 10.3 Å². The second kappa shape index (κ2) is 5.92. The van der Waals surface area contributed by atoms with Gasteiger partial charge in [-0.2, -0.15) is 0 Å². The van der Waals surface area contributed by atoms with Crippen molar-refractivity contribution in [1.82, 2.24) is 4.98 Å². The maximum atomic E-state index is 12.2. The summed E-state index contributed by atoms with van der Waals surface area (Å²) in [6.07, 6.45) is 1.58. The maximum absolute atomic E-state index is 12.2. The summed E-state index contributed by atoms with van der Waals surface area (Å²) in [6.45, 7) is 1.98. The van der Waals surface area contributed by atoms with E-state index in [-0.39, 0.29) is 11.1 Å². The molecule has 0 saturated heterocycles. The number of halogens is 1. The van der Waals surface area contributed by atoms with Crippen LogP contribution in [0.5, 0.6) is 0 Å². The zero-order chi connectivity index (χ0) is 14.7. The fraction of sp³-hybridized carbons (Fsp3) is 0.200. The van der Waals surface area contributed by atoms with Crippen molar-refractivity contribution in [2.75, 3.05) is 24.3 Å². The Hall–Kier alpha value is -2.07. The minimum absolute atomic E-state index is 0.201. The number of anilines is 2. The molecule has 0 atom stereocenters. The van der Waals surface area contributed by atoms with Gasteiger partial charge in [0.2, 0.25) is 0 Å². The fourth-order valence-corrected chi connectivity index (χ4v) is 2.14. The summed E-state index contributed by atoms with van der Waals surface area (Å²) in [5.41, 5.74) is 3.22. The van der Waals surface area contributed by atoms with E-state index in [0.717, 1.165) is 11.3 Å². The minimum atomic E-state index is -0.201. The molecule has 1 amide bonds. The molecular weight excluding hydrogens is 274 g/mol. The molecule has 0 saturated carbocycles. The van der Waals surface area contributed by atoms with Crippen LogP contribution in [0.2, 0.25) is 5.15 Å². The Morgan fingerprint density at radius 3 is 2.65 bits per heavy atom. The molecule has 20 heavy (non-hydrogen) atoms. The van der Waals surface area contributed by atoms with Crippen molar-refractivity contribution in [1.29, 1.82) is 0 Å². The minimum Gasteiger partial charge on any atom is -0.377 e. The molecular formula is C15H16ClN3O. The highest BCUT2D eigenvalue weighted by molar-refractivity contribution is 6.32. The predicted octanol–water partition coefficient (Wildman–Crippen LogP) is 3.36. The molecule has 104 valence electrons. The number of aromatic nitrogens is 1. The summed E-state index contributed by atoms with van der Waals surface area (Å²) >= 11 is 5.92. The topological polar surface area (TPSA) is 45.2 Å². The lowest BCUT2D eigenvalue weighted by molar-refractivity contribution is 0.102. The van der Waals surface area contributed by atoms with E-state index < -0.39 is 0 Å². The van der Waals surface area contributed by atoms with Gasteiger partial charge in [-0.1, -0.05) is 11.6 Å². The van der Waals surface area contributed by atoms with E-state index in [1.165, 1.54) is 0 Å². The monoisotopic (exact) mass is 289 g/mol. The first-order valence-electron chi connectivity index (χ1n) is 6.19. The van der Waals surface area contributed by atoms with Gasteiger partial charge < -0.3 is 10.2 Å². The first-order chi connectivity index (χ1) is 9.49. The second-order valence-electron chi connectivity index (χ2n) is 4.69. The van der Waals surface area contributed by atoms with Gasteiger partial charge in [-0.05, 0) is 42.8 Å². The number of benzene rings is 1. The molecule has 0 aliphatic heterocycles. The molecule has 0 radical (unpaired) electrons. The summed E-state index contributed by atoms with van der Waals surface area (Å²) < 4.78 is 0. The molecule has 1 heterocycles. The zero-order valence-electron chi connectivity index (χ0n) is 11.6. The van der Waals surface area contributed by atoms with E-state index in [0.29, 0.717) is 11.3 Å². The number of nitrogens with zero attached hydrogens (tertiary/aromatic N) is 2. The SMILES string of the molecule is Cc1cc(C(=O)Nc2cccnc2Cl)ccc1N(C)C. The molecule has 4 nitrogen and oxygen atoms in total. The number of hydrogen-bond donors (Lipinski definition) is 1. The van der Waals surface area contributed by atoms with Crippen LogP contribution in [0.25, 0.3) is 0 Å². The molecule has 0 aliphatic rings. The van der Waals surface area contributed by atoms with Gasteiger partial charge in [-0.25, -0.2) is 4.98 Å². The number of rotatable bonds is 3. The van der Waals surface area contributed by atoms with E-state index in [9.17, 15) is 4.79 Å². The van der Waals surface area contributed by atoms with Gasteiger partial charge in [0, 0.05) is 31.5 Å². The average molecular weight is 290 g/mol. The van der Waals surface area contributed by atoms with Gasteiger partial charge in [0.05, 0.1) is 5.69 Å². The Kier molecular flexibility index (Phi) is 4.25. The third kappa shape index (κ3) is 3.08. The third-order valence-electron chi connectivity index (χ3n) is 2.95. The summed E-state index contributed by atoms with van der Waals surface area (Å²) in [5, 5.41) is 3.04. The Balaban J connectivity index is 2.22. The lowest BCUT2D eigenvalue weighted by Crippen LogP contribution is -2.14. The molecule has 5 heteroatoms. The number of pyridine rings is 1. The van der Waals surface area contributed by atoms with Gasteiger partial charge >= 0.3 is 0 Å². The van der Waals surface area contributed by atoms with Crippen molar-refractivity contribution in [2.24, 2.45) is 0 Å². The highest BCUT2D eigenvalue weighted by Gasteiger charge is 2.10. The molecule has 2 rings (SSSR count). The number of hydrogen-bond acceptors (Lipinski definition) is 3. The van der Waals surface area contributed by atoms with Crippen molar-refractivity contribution >= 4 is 28.9 Å². The van der Waals surface area contributed by atoms with Crippen molar-refractivity contribution in [3.8, 4) is 0 Å². The van der Waals surface area contributed by atoms with Crippen LogP contribution in [0.3, 0.4) is 0 Å². The van der Waals surface area contributed by atoms with Crippen LogP contribution in [-0.4, -0.2) is 25.0 Å². The van der Waals surface area contributed by atoms with Crippen molar-refractivity contribution in [3.63, 3.8) is 0 Å². The standard InChI is InChI=1S/C15H16ClN3O/c1-10-9-11(6-7-13(10)19(2)3)15(20)18-12-5-4-8-17-14(12)16/h4-9H,1-3H3,(H,18,20). The quantitative estimate of drug-likeness (QED) is 0.881. The first kappa shape index (κ1) is 14.3. The third-order valence-corrected chi connectivity index (χ3v) is 3.25. The van der Waals surface area contributed by atoms with Crippen LogP contribution in [0.4, 0.5) is 11.4 Å². The number of aryl methyl sites for hydroxylation is 1. The van der Waals surface area contributed by atoms with Gasteiger partial charge in [0.15, 0.2) is 5.15 Å². The number of nitrogens with one attached hydrogen (secondary N) is 1. The number of carbonyl (C=O) groups excluding carboxylic acids is 1. The van der Waals surface area contributed by atoms with E-state index in [1.54, 1.807) is 24.4 Å². The lowest BCUT2D eigenvalue weighted by atomic mass is 10.1.